The summed E-state index contributed by atoms with van der Waals surface area (Å²) in [4.78, 5) is 0. The van der Waals surface area contributed by atoms with E-state index in [9.17, 15) is 0 Å². The lowest BCUT2D eigenvalue weighted by molar-refractivity contribution is -0.660. The van der Waals surface area contributed by atoms with E-state index in [0.29, 0.717) is 11.0 Å². The Morgan fingerprint density at radius 3 is 2.36 bits per heavy atom. The average Bonchev–Trinajstić information content (AvgIpc) is 2.85. The fourth-order valence-corrected chi connectivity index (χ4v) is 5.17. The van der Waals surface area contributed by atoms with Crippen LogP contribution >= 0.6 is 0 Å². The molecule has 0 N–H and O–H groups in total. The zero-order chi connectivity index (χ0) is 26.6. The van der Waals surface area contributed by atoms with Gasteiger partial charge in [-0.1, -0.05) is 62.4 Å². The van der Waals surface area contributed by atoms with E-state index in [1.807, 2.05) is 35.9 Å². The van der Waals surface area contributed by atoms with Crippen molar-refractivity contribution in [1.29, 1.82) is 0 Å². The minimum absolute atomic E-state index is 0.320. The van der Waals surface area contributed by atoms with E-state index < -0.39 is 12.7 Å². The number of fused-ring (bicyclic) bond motifs is 1. The van der Waals surface area contributed by atoms with Gasteiger partial charge in [0.2, 0.25) is 5.69 Å². The van der Waals surface area contributed by atoms with Gasteiger partial charge in [-0.15, -0.1) is 0 Å². The molecule has 33 heavy (non-hydrogen) atoms. The molecule has 1 fully saturated rings. The fourth-order valence-electron chi connectivity index (χ4n) is 5.17. The van der Waals surface area contributed by atoms with Crippen LogP contribution in [0.1, 0.15) is 67.6 Å². The van der Waals surface area contributed by atoms with Crippen LogP contribution in [0.2, 0.25) is 0 Å². The molecule has 0 radical (unpaired) electrons. The van der Waals surface area contributed by atoms with Crippen LogP contribution in [0, 0.1) is 19.2 Å². The highest BCUT2D eigenvalue weighted by Crippen LogP contribution is 2.43. The highest BCUT2D eigenvalue weighted by Gasteiger charge is 2.27. The lowest BCUT2D eigenvalue weighted by Gasteiger charge is -2.34. The second-order valence-electron chi connectivity index (χ2n) is 10.5. The van der Waals surface area contributed by atoms with E-state index in [1.54, 1.807) is 6.20 Å². The number of hydrogen-bond donors (Lipinski definition) is 0. The Kier molecular flexibility index (Phi) is 4.49. The summed E-state index contributed by atoms with van der Waals surface area (Å²) in [6.07, 6.45) is 5.66. The predicted octanol–water partition coefficient (Wildman–Crippen LogP) is 8.30. The zero-order valence-electron chi connectivity index (χ0n) is 24.2. The Morgan fingerprint density at radius 2 is 1.61 bits per heavy atom. The first-order valence-corrected chi connectivity index (χ1v) is 12.0. The van der Waals surface area contributed by atoms with Crippen LogP contribution in [0.5, 0.6) is 0 Å². The largest absolute Gasteiger partial charge is 0.213 e. The van der Waals surface area contributed by atoms with Gasteiger partial charge in [0.05, 0.1) is 0 Å². The number of nitrogens with zero attached hydrogens (tertiary/aromatic N) is 1. The third-order valence-corrected chi connectivity index (χ3v) is 7.46. The third kappa shape index (κ3) is 4.34. The van der Waals surface area contributed by atoms with Gasteiger partial charge in [-0.05, 0) is 95.9 Å². The summed E-state index contributed by atoms with van der Waals surface area (Å²) in [5.74, 6) is -0.534. The summed E-state index contributed by atoms with van der Waals surface area (Å²) in [6, 6.07) is 22.8. The SMILES string of the molecule is [2H]C([2H])([2H])c1c[n+](C)c(-c2ccccc2C)cc1-c1ccc2cc(C3([2H])CCC(C)(C)CC3)ccc2c1. The molecular formula is C32H36N+. The molecule has 168 valence electrons. The summed E-state index contributed by atoms with van der Waals surface area (Å²) < 4.78 is 35.8. The average molecular weight is 439 g/mol. The van der Waals surface area contributed by atoms with Crippen molar-refractivity contribution < 1.29 is 10.1 Å². The molecule has 0 amide bonds. The van der Waals surface area contributed by atoms with Gasteiger partial charge in [0.15, 0.2) is 6.20 Å². The molecule has 0 unspecified atom stereocenters. The molecule has 0 spiro atoms. The Morgan fingerprint density at radius 1 is 0.879 bits per heavy atom. The Labute approximate surface area is 204 Å². The molecule has 1 aromatic heterocycles. The molecule has 1 heterocycles. The van der Waals surface area contributed by atoms with E-state index in [-0.39, 0.29) is 0 Å². The smallest absolute Gasteiger partial charge is 0.201 e. The Bertz CT molecular complexity index is 1470. The number of rotatable bonds is 3. The number of benzene rings is 3. The first kappa shape index (κ1) is 17.5. The molecule has 0 atom stereocenters. The summed E-state index contributed by atoms with van der Waals surface area (Å²) in [6.45, 7) is 4.45. The van der Waals surface area contributed by atoms with E-state index in [2.05, 4.69) is 63.2 Å². The van der Waals surface area contributed by atoms with Crippen LogP contribution < -0.4 is 4.57 Å². The molecule has 1 aliphatic carbocycles. The molecule has 1 heteroatoms. The minimum atomic E-state index is -2.23. The first-order valence-electron chi connectivity index (χ1n) is 14.0. The van der Waals surface area contributed by atoms with Gasteiger partial charge in [-0.25, -0.2) is 4.57 Å². The first-order chi connectivity index (χ1) is 17.4. The Hall–Kier alpha value is -2.93. The highest BCUT2D eigenvalue weighted by molar-refractivity contribution is 5.88. The molecular weight excluding hydrogens is 398 g/mol. The van der Waals surface area contributed by atoms with Crippen LogP contribution in [-0.4, -0.2) is 0 Å². The molecule has 1 aliphatic rings. The summed E-state index contributed by atoms with van der Waals surface area (Å²) >= 11 is 0. The van der Waals surface area contributed by atoms with Gasteiger partial charge in [-0.2, -0.15) is 0 Å². The van der Waals surface area contributed by atoms with Crippen LogP contribution in [0.4, 0.5) is 0 Å². The maximum absolute atomic E-state index is 9.16. The summed E-state index contributed by atoms with van der Waals surface area (Å²) in [5, 5.41) is 2.15. The monoisotopic (exact) mass is 438 g/mol. The van der Waals surface area contributed by atoms with Crippen LogP contribution in [0.25, 0.3) is 33.2 Å². The lowest BCUT2D eigenvalue weighted by atomic mass is 9.71. The van der Waals surface area contributed by atoms with E-state index in [4.69, 9.17) is 5.48 Å². The van der Waals surface area contributed by atoms with Gasteiger partial charge in [0.25, 0.3) is 0 Å². The van der Waals surface area contributed by atoms with Gasteiger partial charge in [-0.3, -0.25) is 0 Å². The quantitative estimate of drug-likeness (QED) is 0.283. The topological polar surface area (TPSA) is 3.88 Å². The van der Waals surface area contributed by atoms with Crippen molar-refractivity contribution in [2.45, 2.75) is 59.2 Å². The fraction of sp³-hybridized carbons (Fsp3) is 0.344. The molecule has 1 saturated carbocycles. The van der Waals surface area contributed by atoms with Gasteiger partial charge in [0.1, 0.15) is 7.05 Å². The second kappa shape index (κ2) is 8.45. The molecule has 4 aromatic rings. The van der Waals surface area contributed by atoms with Crippen molar-refractivity contribution in [3.63, 3.8) is 0 Å². The number of pyridine rings is 1. The summed E-state index contributed by atoms with van der Waals surface area (Å²) in [7, 11) is 1.91. The van der Waals surface area contributed by atoms with Gasteiger partial charge >= 0.3 is 0 Å². The predicted molar refractivity (Wildman–Crippen MR) is 140 cm³/mol. The van der Waals surface area contributed by atoms with Crippen LogP contribution in [0.15, 0.2) is 72.9 Å². The molecule has 1 nitrogen and oxygen atoms in total. The number of aromatic nitrogens is 1. The van der Waals surface area contributed by atoms with Crippen molar-refractivity contribution in [3.05, 3.63) is 89.6 Å². The van der Waals surface area contributed by atoms with Crippen LogP contribution in [0.3, 0.4) is 0 Å². The normalized spacial score (nSPS) is 19.4. The second-order valence-corrected chi connectivity index (χ2v) is 10.5. The maximum atomic E-state index is 9.16. The van der Waals surface area contributed by atoms with Crippen molar-refractivity contribution in [2.24, 2.45) is 12.5 Å². The third-order valence-electron chi connectivity index (χ3n) is 7.46. The minimum Gasteiger partial charge on any atom is -0.201 e. The molecule has 5 rings (SSSR count). The van der Waals surface area contributed by atoms with Gasteiger partial charge < -0.3 is 0 Å². The standard InChI is InChI=1S/C32H36N/c1-22-8-6-7-9-29(22)31-20-30(23(2)21-33(31)5)28-13-12-26-18-25(10-11-27(26)19-28)24-14-16-32(3,4)17-15-24/h6-13,18-21,24H,14-17H2,1-5H3/q+1/i2D3,24D. The van der Waals surface area contributed by atoms with Crippen LogP contribution in [-0.2, 0) is 7.05 Å². The van der Waals surface area contributed by atoms with Crippen molar-refractivity contribution in [2.75, 3.05) is 0 Å². The molecule has 0 aliphatic heterocycles. The highest BCUT2D eigenvalue weighted by atomic mass is 14.9. The van der Waals surface area contributed by atoms with E-state index in [0.717, 1.165) is 70.0 Å². The van der Waals surface area contributed by atoms with Crippen molar-refractivity contribution >= 4 is 10.8 Å². The molecule has 0 saturated heterocycles. The Balaban J connectivity index is 1.60. The number of aryl methyl sites for hydroxylation is 3. The van der Waals surface area contributed by atoms with Crippen molar-refractivity contribution in [3.8, 4) is 22.4 Å². The van der Waals surface area contributed by atoms with E-state index in [1.165, 1.54) is 0 Å². The molecule has 0 bridgehead atoms. The maximum Gasteiger partial charge on any atom is 0.213 e. The summed E-state index contributed by atoms with van der Waals surface area (Å²) in [5.41, 5.74) is 6.58. The van der Waals surface area contributed by atoms with E-state index >= 15 is 0 Å². The van der Waals surface area contributed by atoms with Crippen molar-refractivity contribution in [1.82, 2.24) is 0 Å². The number of hydrogen-bond acceptors (Lipinski definition) is 0. The lowest BCUT2D eigenvalue weighted by Crippen LogP contribution is -2.31. The molecule has 3 aromatic carbocycles. The zero-order valence-corrected chi connectivity index (χ0v) is 20.2. The van der Waals surface area contributed by atoms with Gasteiger partial charge in [0, 0.05) is 22.7 Å².